The Balaban J connectivity index is 1.41. The highest BCUT2D eigenvalue weighted by molar-refractivity contribution is 5.71. The molecule has 1 spiro atoms. The summed E-state index contributed by atoms with van der Waals surface area (Å²) >= 11 is 0. The van der Waals surface area contributed by atoms with Gasteiger partial charge in [0.2, 0.25) is 17.9 Å². The van der Waals surface area contributed by atoms with Crippen molar-refractivity contribution in [3.63, 3.8) is 0 Å². The lowest BCUT2D eigenvalue weighted by Crippen LogP contribution is -2.42. The number of hydrogen-bond acceptors (Lipinski definition) is 10. The van der Waals surface area contributed by atoms with Crippen LogP contribution in [-0.4, -0.2) is 62.7 Å². The summed E-state index contributed by atoms with van der Waals surface area (Å²) in [6, 6.07) is 6.35. The van der Waals surface area contributed by atoms with E-state index < -0.39 is 24.3 Å². The molecule has 4 N–H and O–H groups in total. The van der Waals surface area contributed by atoms with Crippen LogP contribution in [0.25, 0.3) is 5.69 Å². The molecule has 0 saturated carbocycles. The molecule has 0 amide bonds. The number of carboxylic acid groups (broad SMARTS) is 1. The van der Waals surface area contributed by atoms with Crippen LogP contribution in [0.2, 0.25) is 0 Å². The average Bonchev–Trinajstić information content (AvgIpc) is 3.53. The van der Waals surface area contributed by atoms with Gasteiger partial charge < -0.3 is 35.7 Å². The second kappa shape index (κ2) is 10.6. The van der Waals surface area contributed by atoms with Crippen LogP contribution in [0.3, 0.4) is 0 Å². The number of anilines is 2. The molecule has 0 aliphatic carbocycles. The van der Waals surface area contributed by atoms with Crippen LogP contribution in [0, 0.1) is 12.3 Å². The summed E-state index contributed by atoms with van der Waals surface area (Å²) in [4.78, 5) is 21.3. The van der Waals surface area contributed by atoms with E-state index in [-0.39, 0.29) is 35.1 Å². The van der Waals surface area contributed by atoms with Gasteiger partial charge in [-0.25, -0.2) is 4.68 Å². The molecule has 4 heterocycles. The first-order chi connectivity index (χ1) is 19.0. The smallest absolute Gasteiger partial charge is 0.429 e. The number of nitrogens with two attached hydrogens (primary N) is 1. The molecule has 11 nitrogen and oxygen atoms in total. The Morgan fingerprint density at radius 3 is 2.62 bits per heavy atom. The number of aryl methyl sites for hydroxylation is 1. The van der Waals surface area contributed by atoms with Gasteiger partial charge >= 0.3 is 6.18 Å². The third-order valence-corrected chi connectivity index (χ3v) is 7.56. The summed E-state index contributed by atoms with van der Waals surface area (Å²) in [6.45, 7) is 2.91. The molecular formula is C26H29F3N7O4-. The van der Waals surface area contributed by atoms with Crippen molar-refractivity contribution in [1.29, 1.82) is 0 Å². The minimum atomic E-state index is -4.83. The zero-order chi connectivity index (χ0) is 28.7. The van der Waals surface area contributed by atoms with Gasteiger partial charge in [-0.15, -0.1) is 0 Å². The quantitative estimate of drug-likeness (QED) is 0.387. The highest BCUT2D eigenvalue weighted by Crippen LogP contribution is 2.42. The molecule has 1 unspecified atom stereocenters. The zero-order valence-corrected chi connectivity index (χ0v) is 21.7. The lowest BCUT2D eigenvalue weighted by Gasteiger charge is -2.39. The summed E-state index contributed by atoms with van der Waals surface area (Å²) in [5.41, 5.74) is 6.59. The number of halogens is 3. The maximum Gasteiger partial charge on any atom is 0.429 e. The number of carbonyl (C=O) groups is 1. The molecule has 2 atom stereocenters. The summed E-state index contributed by atoms with van der Waals surface area (Å²) < 4.78 is 50.1. The van der Waals surface area contributed by atoms with E-state index in [1.165, 1.54) is 35.1 Å². The monoisotopic (exact) mass is 560 g/mol. The van der Waals surface area contributed by atoms with E-state index in [4.69, 9.17) is 10.5 Å². The maximum atomic E-state index is 14.4. The van der Waals surface area contributed by atoms with E-state index >= 15 is 0 Å². The van der Waals surface area contributed by atoms with Crippen LogP contribution in [0.5, 0.6) is 5.88 Å². The number of aliphatic hydroxyl groups is 1. The lowest BCUT2D eigenvalue weighted by molar-refractivity contribution is -0.308. The van der Waals surface area contributed by atoms with E-state index in [0.29, 0.717) is 56.0 Å². The summed E-state index contributed by atoms with van der Waals surface area (Å²) in [7, 11) is 0. The molecular weight excluding hydrogens is 531 g/mol. The predicted molar refractivity (Wildman–Crippen MR) is 135 cm³/mol. The first kappa shape index (κ1) is 27.6. The minimum Gasteiger partial charge on any atom is -0.548 e. The van der Waals surface area contributed by atoms with E-state index in [1.54, 1.807) is 13.0 Å². The van der Waals surface area contributed by atoms with Crippen LogP contribution in [0.15, 0.2) is 36.5 Å². The second-order valence-corrected chi connectivity index (χ2v) is 10.4. The van der Waals surface area contributed by atoms with Crippen molar-refractivity contribution in [3.05, 3.63) is 53.3 Å². The number of aromatic nitrogens is 4. The zero-order valence-electron chi connectivity index (χ0n) is 21.7. The summed E-state index contributed by atoms with van der Waals surface area (Å²) in [5, 5.41) is 28.1. The number of carboxylic acids is 1. The number of aliphatic carboxylic acids is 1. The van der Waals surface area contributed by atoms with Gasteiger partial charge in [-0.1, -0.05) is 12.1 Å². The van der Waals surface area contributed by atoms with Gasteiger partial charge in [0.25, 0.3) is 0 Å². The third kappa shape index (κ3) is 5.68. The molecule has 2 saturated heterocycles. The number of alkyl halides is 3. The number of ether oxygens (including phenoxy) is 1. The first-order valence-electron chi connectivity index (χ1n) is 12.8. The fraction of sp³-hybridized carbons (Fsp3) is 0.462. The minimum absolute atomic E-state index is 0.102. The van der Waals surface area contributed by atoms with Gasteiger partial charge in [0.1, 0.15) is 5.82 Å². The van der Waals surface area contributed by atoms with Crippen LogP contribution in [0.1, 0.15) is 42.2 Å². The van der Waals surface area contributed by atoms with Crippen molar-refractivity contribution < 1.29 is 32.9 Å². The largest absolute Gasteiger partial charge is 0.548 e. The predicted octanol–water partition coefficient (Wildman–Crippen LogP) is 1.43. The first-order valence-corrected chi connectivity index (χ1v) is 12.8. The number of nitrogen functional groups attached to an aromatic ring is 1. The second-order valence-electron chi connectivity index (χ2n) is 10.4. The Morgan fingerprint density at radius 2 is 2.02 bits per heavy atom. The molecule has 0 radical (unpaired) electrons. The lowest BCUT2D eigenvalue weighted by atomic mass is 9.76. The highest BCUT2D eigenvalue weighted by Gasteiger charge is 2.45. The van der Waals surface area contributed by atoms with Crippen molar-refractivity contribution in [2.45, 2.75) is 51.1 Å². The van der Waals surface area contributed by atoms with Gasteiger partial charge in [-0.3, -0.25) is 0 Å². The number of piperidine rings is 1. The molecule has 3 aromatic rings. The van der Waals surface area contributed by atoms with E-state index in [0.717, 1.165) is 0 Å². The molecule has 14 heteroatoms. The number of aliphatic hydroxyl groups excluding tert-OH is 1. The molecule has 2 aromatic heterocycles. The number of nitrogens with one attached hydrogen (secondary N) is 1. The van der Waals surface area contributed by atoms with Gasteiger partial charge in [-0.05, 0) is 49.3 Å². The van der Waals surface area contributed by atoms with Gasteiger partial charge in [0.15, 0.2) is 0 Å². The molecule has 2 aliphatic heterocycles. The Kier molecular flexibility index (Phi) is 7.31. The van der Waals surface area contributed by atoms with E-state index in [9.17, 15) is 28.2 Å². The Hall–Kier alpha value is -3.91. The van der Waals surface area contributed by atoms with Gasteiger partial charge in [-0.2, -0.15) is 28.2 Å². The number of rotatable bonds is 7. The fourth-order valence-electron chi connectivity index (χ4n) is 5.41. The van der Waals surface area contributed by atoms with E-state index in [1.807, 2.05) is 4.90 Å². The maximum absolute atomic E-state index is 14.4. The number of hydrogen-bond donors (Lipinski definition) is 3. The SMILES string of the molecule is Cc1ccn(-c2cc(CO)ccc2[C@@H](Oc2cc(N3CCC4(CC3)CNC(C(=O)[O-])C4)nc(N)n2)C(F)(F)F)n1. The van der Waals surface area contributed by atoms with Crippen molar-refractivity contribution in [2.75, 3.05) is 30.3 Å². The number of benzene rings is 1. The molecule has 1 aromatic carbocycles. The van der Waals surface area contributed by atoms with E-state index in [2.05, 4.69) is 20.4 Å². The van der Waals surface area contributed by atoms with Crippen LogP contribution >= 0.6 is 0 Å². The summed E-state index contributed by atoms with van der Waals surface area (Å²) in [5.74, 6) is -1.40. The van der Waals surface area contributed by atoms with Crippen molar-refractivity contribution >= 4 is 17.7 Å². The molecule has 214 valence electrons. The Bertz CT molecular complexity index is 1390. The van der Waals surface area contributed by atoms with Crippen LogP contribution in [0.4, 0.5) is 24.9 Å². The Labute approximate surface area is 227 Å². The van der Waals surface area contributed by atoms with Gasteiger partial charge in [0, 0.05) is 43.5 Å². The molecule has 40 heavy (non-hydrogen) atoms. The Morgan fingerprint density at radius 1 is 1.27 bits per heavy atom. The van der Waals surface area contributed by atoms with Crippen molar-refractivity contribution in [2.24, 2.45) is 5.41 Å². The standard InChI is InChI=1S/C26H30F3N7O4/c1-15-4-7-36(34-15)19-10-16(13-37)2-3-17(19)22(26(27,28)29)40-21-11-20(32-24(30)33-21)35-8-5-25(6-9-35)12-18(23(38)39)31-14-25/h2-4,7,10-11,18,22,31,37H,5-6,8-9,12-14H2,1H3,(H,38,39)(H2,30,32,33)/p-1/t18?,22-/m1/s1. The normalized spacial score (nSPS) is 19.6. The highest BCUT2D eigenvalue weighted by atomic mass is 19.4. The topological polar surface area (TPSA) is 154 Å². The van der Waals surface area contributed by atoms with Crippen LogP contribution < -0.4 is 25.8 Å². The molecule has 5 rings (SSSR count). The van der Waals surface area contributed by atoms with Gasteiger partial charge in [0.05, 0.1) is 24.0 Å². The molecule has 2 fully saturated rings. The molecule has 2 aliphatic rings. The average molecular weight is 561 g/mol. The number of nitrogens with zero attached hydrogens (tertiary/aromatic N) is 5. The van der Waals surface area contributed by atoms with Crippen LogP contribution in [-0.2, 0) is 11.4 Å². The van der Waals surface area contributed by atoms with Crippen molar-refractivity contribution in [1.82, 2.24) is 25.1 Å². The number of carbonyl (C=O) groups excluding carboxylic acids is 1. The van der Waals surface area contributed by atoms with Crippen molar-refractivity contribution in [3.8, 4) is 11.6 Å². The fourth-order valence-corrected chi connectivity index (χ4v) is 5.41. The third-order valence-electron chi connectivity index (χ3n) is 7.56. The summed E-state index contributed by atoms with van der Waals surface area (Å²) in [6.07, 6.45) is -3.93. The molecule has 0 bridgehead atoms.